The summed E-state index contributed by atoms with van der Waals surface area (Å²) in [5, 5.41) is 3.82. The van der Waals surface area contributed by atoms with Crippen LogP contribution in [0.25, 0.3) is 0 Å². The second-order valence-electron chi connectivity index (χ2n) is 7.71. The fraction of sp³-hybridized carbons (Fsp3) is 0.588. The van der Waals surface area contributed by atoms with Crippen LogP contribution in [0.2, 0.25) is 0 Å². The van der Waals surface area contributed by atoms with Gasteiger partial charge in [-0.25, -0.2) is 22.7 Å². The molecule has 0 aliphatic carbocycles. The van der Waals surface area contributed by atoms with E-state index in [0.717, 1.165) is 18.2 Å². The molecule has 1 aromatic carbocycles. The Morgan fingerprint density at radius 2 is 1.93 bits per heavy atom. The molecule has 8 nitrogen and oxygen atoms in total. The van der Waals surface area contributed by atoms with Gasteiger partial charge in [-0.05, 0) is 62.7 Å². The number of ether oxygens (including phenoxy) is 1. The smallest absolute Gasteiger partial charge is 0.410 e. The summed E-state index contributed by atoms with van der Waals surface area (Å²) in [6.07, 6.45) is 0.206. The summed E-state index contributed by atoms with van der Waals surface area (Å²) in [5.41, 5.74) is -0.752. The van der Waals surface area contributed by atoms with Gasteiger partial charge < -0.3 is 14.2 Å². The summed E-state index contributed by atoms with van der Waals surface area (Å²) in [6.45, 7) is 5.82. The molecule has 1 fully saturated rings. The third kappa shape index (κ3) is 5.72. The van der Waals surface area contributed by atoms with Crippen molar-refractivity contribution in [3.05, 3.63) is 29.6 Å². The number of carbonyl (C=O) groups is 1. The Bertz CT molecular complexity index is 861. The maximum atomic E-state index is 14.5. The molecule has 1 aliphatic rings. The zero-order valence-electron chi connectivity index (χ0n) is 15.9. The number of likely N-dealkylation sites (tertiary alicyclic amines) is 1. The fourth-order valence-corrected chi connectivity index (χ4v) is 4.65. The second kappa shape index (κ2) is 8.44. The van der Waals surface area contributed by atoms with E-state index >= 15 is 0 Å². The minimum atomic E-state index is -4.10. The Morgan fingerprint density at radius 1 is 1.36 bits per heavy atom. The van der Waals surface area contributed by atoms with Gasteiger partial charge in [0.15, 0.2) is 0 Å². The topological polar surface area (TPSA) is 130 Å². The van der Waals surface area contributed by atoms with Crippen LogP contribution in [0.1, 0.15) is 44.4 Å². The zero-order valence-corrected chi connectivity index (χ0v) is 17.5. The molecular weight excluding hydrogens is 411 g/mol. The Morgan fingerprint density at radius 3 is 2.36 bits per heavy atom. The monoisotopic (exact) mass is 435 g/mol. The predicted molar refractivity (Wildman–Crippen MR) is 100.0 cm³/mol. The van der Waals surface area contributed by atoms with Crippen LogP contribution in [0.15, 0.2) is 23.1 Å². The Labute approximate surface area is 166 Å². The number of halogens is 1. The number of sulfonamides is 1. The fourth-order valence-electron chi connectivity index (χ4n) is 3.14. The lowest BCUT2D eigenvalue weighted by molar-refractivity contribution is 0.0182. The first-order valence-electron chi connectivity index (χ1n) is 8.68. The number of amides is 1. The van der Waals surface area contributed by atoms with E-state index in [9.17, 15) is 26.4 Å². The van der Waals surface area contributed by atoms with Crippen LogP contribution < -0.4 is 5.14 Å². The largest absolute Gasteiger partial charge is 0.772 e. The van der Waals surface area contributed by atoms with Gasteiger partial charge >= 0.3 is 6.09 Å². The van der Waals surface area contributed by atoms with E-state index in [2.05, 4.69) is 0 Å². The highest BCUT2D eigenvalue weighted by Gasteiger charge is 2.33. The molecule has 0 spiro atoms. The molecule has 1 saturated heterocycles. The van der Waals surface area contributed by atoms with E-state index in [0.29, 0.717) is 12.8 Å². The summed E-state index contributed by atoms with van der Waals surface area (Å²) in [5.74, 6) is -1.37. The van der Waals surface area contributed by atoms with E-state index in [4.69, 9.17) is 9.88 Å². The van der Waals surface area contributed by atoms with Crippen molar-refractivity contribution in [1.29, 1.82) is 0 Å². The Kier molecular flexibility index (Phi) is 6.85. The van der Waals surface area contributed by atoms with Crippen LogP contribution in [0.4, 0.5) is 9.18 Å². The normalized spacial score (nSPS) is 18.6. The van der Waals surface area contributed by atoms with Crippen LogP contribution in [-0.2, 0) is 25.8 Å². The van der Waals surface area contributed by atoms with Gasteiger partial charge in [-0.15, -0.1) is 0 Å². The van der Waals surface area contributed by atoms with Gasteiger partial charge in [0.1, 0.15) is 11.4 Å². The minimum Gasteiger partial charge on any atom is -0.772 e. The van der Waals surface area contributed by atoms with Gasteiger partial charge in [0, 0.05) is 18.7 Å². The van der Waals surface area contributed by atoms with E-state index in [1.54, 1.807) is 20.8 Å². The summed E-state index contributed by atoms with van der Waals surface area (Å²) >= 11 is -2.63. The number of nitrogens with two attached hydrogens (primary N) is 1. The number of carbonyl (C=O) groups excluding carboxylic acids is 1. The van der Waals surface area contributed by atoms with Crippen molar-refractivity contribution in [1.82, 2.24) is 4.90 Å². The van der Waals surface area contributed by atoms with E-state index < -0.39 is 54.7 Å². The Balaban J connectivity index is 2.17. The highest BCUT2D eigenvalue weighted by atomic mass is 32.2. The van der Waals surface area contributed by atoms with Gasteiger partial charge in [-0.2, -0.15) is 0 Å². The third-order valence-electron chi connectivity index (χ3n) is 4.43. The molecule has 1 aliphatic heterocycles. The lowest BCUT2D eigenvalue weighted by Gasteiger charge is -2.37. The van der Waals surface area contributed by atoms with Crippen molar-refractivity contribution < 1.29 is 31.1 Å². The second-order valence-corrected chi connectivity index (χ2v) is 10.3. The third-order valence-corrected chi connectivity index (χ3v) is 6.40. The van der Waals surface area contributed by atoms with Crippen molar-refractivity contribution >= 4 is 27.2 Å². The molecule has 1 aromatic rings. The molecule has 158 valence electrons. The van der Waals surface area contributed by atoms with Gasteiger partial charge in [0.2, 0.25) is 10.0 Å². The number of nitrogens with zero attached hydrogens (tertiary/aromatic N) is 1. The molecule has 2 unspecified atom stereocenters. The summed E-state index contributed by atoms with van der Waals surface area (Å²) in [7, 11) is -4.10. The summed E-state index contributed by atoms with van der Waals surface area (Å²) in [6, 6.07) is 2.94. The number of rotatable bonds is 4. The lowest BCUT2D eigenvalue weighted by Crippen LogP contribution is -2.43. The molecule has 2 rings (SSSR count). The quantitative estimate of drug-likeness (QED) is 0.720. The number of benzene rings is 1. The standard InChI is InChI=1S/C17H25FN2O6S2/c1-17(2,3)26-16(21)20-8-6-11(7-9-20)15(27(22)23)13-5-4-12(10-14(13)18)28(19,24)25/h4-5,10-11,15H,6-9H2,1-3H3,(H,22,23)(H2,19,24,25)/p-1. The Hall–Kier alpha value is -1.56. The minimum absolute atomic E-state index is 0.114. The molecule has 28 heavy (non-hydrogen) atoms. The molecule has 0 aromatic heterocycles. The van der Waals surface area contributed by atoms with Crippen molar-refractivity contribution in [2.75, 3.05) is 13.1 Å². The van der Waals surface area contributed by atoms with Crippen molar-refractivity contribution in [3.8, 4) is 0 Å². The lowest BCUT2D eigenvalue weighted by atomic mass is 9.89. The predicted octanol–water partition coefficient (Wildman–Crippen LogP) is 2.04. The van der Waals surface area contributed by atoms with Gasteiger partial charge in [0.05, 0.1) is 10.1 Å². The van der Waals surface area contributed by atoms with Crippen molar-refractivity contribution in [2.24, 2.45) is 11.1 Å². The van der Waals surface area contributed by atoms with Crippen molar-refractivity contribution in [3.63, 3.8) is 0 Å². The first-order valence-corrected chi connectivity index (χ1v) is 11.4. The first kappa shape index (κ1) is 22.7. The number of hydrogen-bond acceptors (Lipinski definition) is 6. The number of hydrogen-bond donors (Lipinski definition) is 1. The molecule has 0 bridgehead atoms. The van der Waals surface area contributed by atoms with Gasteiger partial charge in [-0.1, -0.05) is 6.07 Å². The molecule has 2 N–H and O–H groups in total. The highest BCUT2D eigenvalue weighted by Crippen LogP contribution is 2.36. The van der Waals surface area contributed by atoms with E-state index in [1.807, 2.05) is 0 Å². The zero-order chi connectivity index (χ0) is 21.3. The molecule has 1 heterocycles. The van der Waals surface area contributed by atoms with Gasteiger partial charge in [0.25, 0.3) is 0 Å². The average molecular weight is 436 g/mol. The first-order chi connectivity index (χ1) is 12.8. The molecule has 0 saturated carbocycles. The number of primary sulfonamides is 1. The maximum Gasteiger partial charge on any atom is 0.410 e. The summed E-state index contributed by atoms with van der Waals surface area (Å²) < 4.78 is 66.1. The molecule has 1 amide bonds. The molecule has 0 radical (unpaired) electrons. The highest BCUT2D eigenvalue weighted by molar-refractivity contribution is 7.89. The average Bonchev–Trinajstić information content (AvgIpc) is 2.54. The van der Waals surface area contributed by atoms with Crippen LogP contribution in [-0.4, -0.2) is 46.9 Å². The van der Waals surface area contributed by atoms with Crippen LogP contribution in [0.3, 0.4) is 0 Å². The van der Waals surface area contributed by atoms with Crippen LogP contribution in [0, 0.1) is 11.7 Å². The van der Waals surface area contributed by atoms with Crippen molar-refractivity contribution in [2.45, 2.75) is 49.4 Å². The van der Waals surface area contributed by atoms with Crippen LogP contribution >= 0.6 is 0 Å². The molecule has 11 heteroatoms. The van der Waals surface area contributed by atoms with E-state index in [-0.39, 0.29) is 18.7 Å². The van der Waals surface area contributed by atoms with Gasteiger partial charge in [-0.3, -0.25) is 4.21 Å². The molecular formula is C17H24FN2O6S2-. The van der Waals surface area contributed by atoms with E-state index in [1.165, 1.54) is 4.90 Å². The maximum absolute atomic E-state index is 14.5. The number of piperidine rings is 1. The summed E-state index contributed by atoms with van der Waals surface area (Å²) in [4.78, 5) is 13.2. The van der Waals surface area contributed by atoms with Crippen LogP contribution in [0.5, 0.6) is 0 Å². The SMILES string of the molecule is CC(C)(C)OC(=O)N1CCC(C(c2ccc(S(N)(=O)=O)cc2F)S(=O)[O-])CC1. The molecule has 2 atom stereocenters.